The number of morpholine rings is 1. The summed E-state index contributed by atoms with van der Waals surface area (Å²) in [6.07, 6.45) is -0.123. The van der Waals surface area contributed by atoms with Crippen LogP contribution in [0.5, 0.6) is 0 Å². The van der Waals surface area contributed by atoms with Gasteiger partial charge in [-0.25, -0.2) is 0 Å². The van der Waals surface area contributed by atoms with Gasteiger partial charge in [0.05, 0.1) is 25.7 Å². The highest BCUT2D eigenvalue weighted by Crippen LogP contribution is 2.26. The molecule has 2 aliphatic heterocycles. The highest BCUT2D eigenvalue weighted by molar-refractivity contribution is 5.03. The van der Waals surface area contributed by atoms with Crippen molar-refractivity contribution >= 4 is 0 Å². The van der Waals surface area contributed by atoms with E-state index in [2.05, 4.69) is 28.9 Å². The first-order valence-corrected chi connectivity index (χ1v) is 7.17. The Morgan fingerprint density at radius 2 is 2.20 bits per heavy atom. The third-order valence-corrected chi connectivity index (χ3v) is 4.02. The zero-order valence-electron chi connectivity index (χ0n) is 12.0. The van der Waals surface area contributed by atoms with Crippen molar-refractivity contribution in [2.75, 3.05) is 32.9 Å². The second-order valence-electron chi connectivity index (χ2n) is 5.75. The summed E-state index contributed by atoms with van der Waals surface area (Å²) in [6.45, 7) is 7.89. The van der Waals surface area contributed by atoms with Gasteiger partial charge >= 0.3 is 0 Å². The minimum Gasteiger partial charge on any atom is -0.379 e. The summed E-state index contributed by atoms with van der Waals surface area (Å²) in [4.78, 5) is 6.83. The molecular formula is C13H22N4O3. The third kappa shape index (κ3) is 2.71. The molecule has 2 saturated heterocycles. The Labute approximate surface area is 118 Å². The molecule has 2 aliphatic rings. The van der Waals surface area contributed by atoms with Crippen molar-refractivity contribution in [3.8, 4) is 0 Å². The van der Waals surface area contributed by atoms with Gasteiger partial charge in [0.15, 0.2) is 0 Å². The average Bonchev–Trinajstić information content (AvgIpc) is 3.07. The van der Waals surface area contributed by atoms with Crippen molar-refractivity contribution in [2.45, 2.75) is 38.0 Å². The van der Waals surface area contributed by atoms with Gasteiger partial charge in [-0.3, -0.25) is 4.90 Å². The molecule has 0 aliphatic carbocycles. The van der Waals surface area contributed by atoms with Crippen molar-refractivity contribution in [3.05, 3.63) is 11.7 Å². The van der Waals surface area contributed by atoms with Crippen molar-refractivity contribution < 1.29 is 14.0 Å². The summed E-state index contributed by atoms with van der Waals surface area (Å²) in [6, 6.07) is 0.423. The van der Waals surface area contributed by atoms with Gasteiger partial charge in [0, 0.05) is 25.2 Å². The molecule has 3 unspecified atom stereocenters. The molecule has 112 valence electrons. The maximum Gasteiger partial charge on any atom is 0.233 e. The van der Waals surface area contributed by atoms with Crippen LogP contribution in [0, 0.1) is 0 Å². The van der Waals surface area contributed by atoms with Crippen molar-refractivity contribution in [3.63, 3.8) is 0 Å². The van der Waals surface area contributed by atoms with Crippen LogP contribution >= 0.6 is 0 Å². The second kappa shape index (κ2) is 5.77. The number of rotatable bonds is 3. The molecule has 0 saturated carbocycles. The lowest BCUT2D eigenvalue weighted by Crippen LogP contribution is -2.42. The van der Waals surface area contributed by atoms with E-state index in [0.29, 0.717) is 37.6 Å². The molecule has 0 radical (unpaired) electrons. The molecule has 7 nitrogen and oxygen atoms in total. The van der Waals surface area contributed by atoms with Gasteiger partial charge in [-0.15, -0.1) is 0 Å². The van der Waals surface area contributed by atoms with Crippen LogP contribution in [0.2, 0.25) is 0 Å². The fourth-order valence-electron chi connectivity index (χ4n) is 2.65. The molecule has 1 aromatic heterocycles. The predicted octanol–water partition coefficient (Wildman–Crippen LogP) is 0.292. The van der Waals surface area contributed by atoms with E-state index in [1.54, 1.807) is 0 Å². The van der Waals surface area contributed by atoms with E-state index in [4.69, 9.17) is 19.7 Å². The van der Waals surface area contributed by atoms with Gasteiger partial charge in [0.2, 0.25) is 11.7 Å². The Morgan fingerprint density at radius 1 is 1.35 bits per heavy atom. The summed E-state index contributed by atoms with van der Waals surface area (Å²) in [5.41, 5.74) is 5.97. The highest BCUT2D eigenvalue weighted by Gasteiger charge is 2.33. The van der Waals surface area contributed by atoms with Crippen molar-refractivity contribution in [2.24, 2.45) is 5.73 Å². The topological polar surface area (TPSA) is 86.6 Å². The SMILES string of the molecule is CC(C)N1CCOC(c2noc(C3COCC3N)n2)C1. The van der Waals surface area contributed by atoms with Crippen LogP contribution in [0.1, 0.15) is 37.6 Å². The molecule has 2 N–H and O–H groups in total. The molecule has 2 fully saturated rings. The maximum atomic E-state index is 5.97. The fraction of sp³-hybridized carbons (Fsp3) is 0.846. The second-order valence-corrected chi connectivity index (χ2v) is 5.75. The predicted molar refractivity (Wildman–Crippen MR) is 71.2 cm³/mol. The largest absolute Gasteiger partial charge is 0.379 e. The minimum absolute atomic E-state index is 0.000965. The van der Waals surface area contributed by atoms with Crippen LogP contribution in [-0.4, -0.2) is 60.0 Å². The zero-order valence-corrected chi connectivity index (χ0v) is 12.0. The molecule has 20 heavy (non-hydrogen) atoms. The molecule has 0 amide bonds. The highest BCUT2D eigenvalue weighted by atomic mass is 16.5. The normalized spacial score (nSPS) is 32.1. The lowest BCUT2D eigenvalue weighted by molar-refractivity contribution is -0.0450. The summed E-state index contributed by atoms with van der Waals surface area (Å²) >= 11 is 0. The van der Waals surface area contributed by atoms with Gasteiger partial charge in [-0.2, -0.15) is 4.98 Å². The summed E-state index contributed by atoms with van der Waals surface area (Å²) in [5, 5.41) is 4.06. The number of nitrogens with two attached hydrogens (primary N) is 1. The zero-order chi connectivity index (χ0) is 14.1. The van der Waals surface area contributed by atoms with Gasteiger partial charge < -0.3 is 19.7 Å². The third-order valence-electron chi connectivity index (χ3n) is 4.02. The number of nitrogens with zero attached hydrogens (tertiary/aromatic N) is 3. The molecule has 3 atom stereocenters. The number of hydrogen-bond acceptors (Lipinski definition) is 7. The molecule has 3 rings (SSSR count). The van der Waals surface area contributed by atoms with Gasteiger partial charge in [-0.1, -0.05) is 5.16 Å². The molecule has 0 spiro atoms. The summed E-state index contributed by atoms with van der Waals surface area (Å²) < 4.78 is 16.4. The first kappa shape index (κ1) is 13.9. The van der Waals surface area contributed by atoms with Crippen LogP contribution in [-0.2, 0) is 9.47 Å². The standard InChI is InChI=1S/C13H22N4O3/c1-8(2)17-3-4-19-11(5-17)12-15-13(20-16-12)9-6-18-7-10(9)14/h8-11H,3-7,14H2,1-2H3. The summed E-state index contributed by atoms with van der Waals surface area (Å²) in [7, 11) is 0. The van der Waals surface area contributed by atoms with Gasteiger partial charge in [-0.05, 0) is 13.8 Å². The Morgan fingerprint density at radius 3 is 2.90 bits per heavy atom. The van der Waals surface area contributed by atoms with Crippen LogP contribution < -0.4 is 5.73 Å². The number of aromatic nitrogens is 2. The maximum absolute atomic E-state index is 5.97. The lowest BCUT2D eigenvalue weighted by atomic mass is 10.1. The van der Waals surface area contributed by atoms with Crippen LogP contribution in [0.4, 0.5) is 0 Å². The molecular weight excluding hydrogens is 260 g/mol. The van der Waals surface area contributed by atoms with Crippen molar-refractivity contribution in [1.82, 2.24) is 15.0 Å². The monoisotopic (exact) mass is 282 g/mol. The first-order valence-electron chi connectivity index (χ1n) is 7.17. The Kier molecular flexibility index (Phi) is 4.02. The Hall–Kier alpha value is -1.02. The minimum atomic E-state index is -0.123. The van der Waals surface area contributed by atoms with E-state index in [-0.39, 0.29) is 18.1 Å². The van der Waals surface area contributed by atoms with Crippen LogP contribution in [0.3, 0.4) is 0 Å². The molecule has 0 bridgehead atoms. The van der Waals surface area contributed by atoms with Gasteiger partial charge in [0.1, 0.15) is 6.10 Å². The Bertz CT molecular complexity index is 451. The quantitative estimate of drug-likeness (QED) is 0.852. The smallest absolute Gasteiger partial charge is 0.233 e. The molecule has 1 aromatic rings. The van der Waals surface area contributed by atoms with E-state index >= 15 is 0 Å². The summed E-state index contributed by atoms with van der Waals surface area (Å²) in [5.74, 6) is 1.18. The number of ether oxygens (including phenoxy) is 2. The van der Waals surface area contributed by atoms with E-state index in [1.807, 2.05) is 0 Å². The fourth-order valence-corrected chi connectivity index (χ4v) is 2.65. The average molecular weight is 282 g/mol. The van der Waals surface area contributed by atoms with E-state index in [0.717, 1.165) is 13.1 Å². The van der Waals surface area contributed by atoms with E-state index < -0.39 is 0 Å². The first-order chi connectivity index (χ1) is 9.65. The van der Waals surface area contributed by atoms with E-state index in [1.165, 1.54) is 0 Å². The van der Waals surface area contributed by atoms with E-state index in [9.17, 15) is 0 Å². The van der Waals surface area contributed by atoms with Crippen LogP contribution in [0.25, 0.3) is 0 Å². The van der Waals surface area contributed by atoms with Crippen LogP contribution in [0.15, 0.2) is 4.52 Å². The van der Waals surface area contributed by atoms with Gasteiger partial charge in [0.25, 0.3) is 0 Å². The molecule has 7 heteroatoms. The van der Waals surface area contributed by atoms with Crippen molar-refractivity contribution in [1.29, 1.82) is 0 Å². The molecule has 3 heterocycles. The Balaban J connectivity index is 1.70. The molecule has 0 aromatic carbocycles. The lowest BCUT2D eigenvalue weighted by Gasteiger charge is -2.34. The number of hydrogen-bond donors (Lipinski definition) is 1.